The molecule has 0 bridgehead atoms. The third-order valence-electron chi connectivity index (χ3n) is 3.56. The number of nitrogens with zero attached hydrogens (tertiary/aromatic N) is 3. The summed E-state index contributed by atoms with van der Waals surface area (Å²) in [6.07, 6.45) is 0.905. The third kappa shape index (κ3) is 5.96. The standard InChI is InChI=1S/C18H25N5O/c1-14-5-7-15(8-6-14)13-20-17-10-9-16(21-22-17)18(24)19-11-4-12-23(2)3/h5-10H,4,11-13H2,1-3H3,(H,19,24)(H,20,22). The van der Waals surface area contributed by atoms with Crippen molar-refractivity contribution >= 4 is 11.7 Å². The summed E-state index contributed by atoms with van der Waals surface area (Å²) in [5.41, 5.74) is 2.74. The maximum Gasteiger partial charge on any atom is 0.271 e. The van der Waals surface area contributed by atoms with Crippen molar-refractivity contribution in [2.75, 3.05) is 32.5 Å². The fourth-order valence-corrected chi connectivity index (χ4v) is 2.13. The first-order chi connectivity index (χ1) is 11.5. The van der Waals surface area contributed by atoms with E-state index in [0.717, 1.165) is 13.0 Å². The van der Waals surface area contributed by atoms with Crippen LogP contribution in [0.25, 0.3) is 0 Å². The van der Waals surface area contributed by atoms with Crippen LogP contribution in [0.2, 0.25) is 0 Å². The van der Waals surface area contributed by atoms with Crippen LogP contribution in [-0.2, 0) is 6.54 Å². The number of aryl methyl sites for hydroxylation is 1. The summed E-state index contributed by atoms with van der Waals surface area (Å²) in [4.78, 5) is 14.0. The Bertz CT molecular complexity index is 637. The number of aromatic nitrogens is 2. The highest BCUT2D eigenvalue weighted by molar-refractivity contribution is 5.92. The minimum Gasteiger partial charge on any atom is -0.365 e. The monoisotopic (exact) mass is 327 g/mol. The van der Waals surface area contributed by atoms with E-state index in [1.807, 2.05) is 14.1 Å². The molecular weight excluding hydrogens is 302 g/mol. The van der Waals surface area contributed by atoms with Gasteiger partial charge >= 0.3 is 0 Å². The van der Waals surface area contributed by atoms with Crippen LogP contribution < -0.4 is 10.6 Å². The van der Waals surface area contributed by atoms with Gasteiger partial charge in [-0.05, 0) is 51.7 Å². The highest BCUT2D eigenvalue weighted by Crippen LogP contribution is 2.07. The van der Waals surface area contributed by atoms with Crippen molar-refractivity contribution in [2.24, 2.45) is 0 Å². The summed E-state index contributed by atoms with van der Waals surface area (Å²) in [7, 11) is 4.02. The molecule has 0 aliphatic heterocycles. The zero-order valence-corrected chi connectivity index (χ0v) is 14.5. The number of nitrogens with one attached hydrogen (secondary N) is 2. The molecule has 0 aliphatic carbocycles. The predicted molar refractivity (Wildman–Crippen MR) is 96.0 cm³/mol. The summed E-state index contributed by atoms with van der Waals surface area (Å²) in [5, 5.41) is 14.1. The van der Waals surface area contributed by atoms with Crippen molar-refractivity contribution in [2.45, 2.75) is 19.9 Å². The molecule has 24 heavy (non-hydrogen) atoms. The molecule has 6 heteroatoms. The molecule has 0 fully saturated rings. The van der Waals surface area contributed by atoms with E-state index in [9.17, 15) is 4.79 Å². The van der Waals surface area contributed by atoms with E-state index in [0.29, 0.717) is 24.6 Å². The molecule has 1 aromatic carbocycles. The molecule has 0 saturated carbocycles. The Balaban J connectivity index is 1.79. The first-order valence-corrected chi connectivity index (χ1v) is 8.10. The highest BCUT2D eigenvalue weighted by atomic mass is 16.1. The normalized spacial score (nSPS) is 10.7. The summed E-state index contributed by atoms with van der Waals surface area (Å²) in [6.45, 7) is 4.30. The lowest BCUT2D eigenvalue weighted by molar-refractivity contribution is 0.0946. The Labute approximate surface area is 143 Å². The van der Waals surface area contributed by atoms with Crippen molar-refractivity contribution in [1.29, 1.82) is 0 Å². The SMILES string of the molecule is Cc1ccc(CNc2ccc(C(=O)NCCCN(C)C)nn2)cc1. The van der Waals surface area contributed by atoms with Crippen LogP contribution in [0.1, 0.15) is 28.0 Å². The quantitative estimate of drug-likeness (QED) is 0.727. The van der Waals surface area contributed by atoms with Crippen molar-refractivity contribution in [1.82, 2.24) is 20.4 Å². The average Bonchev–Trinajstić information content (AvgIpc) is 2.58. The van der Waals surface area contributed by atoms with Gasteiger partial charge in [0.25, 0.3) is 5.91 Å². The molecule has 0 atom stereocenters. The molecule has 2 N–H and O–H groups in total. The van der Waals surface area contributed by atoms with Gasteiger partial charge in [0, 0.05) is 13.1 Å². The van der Waals surface area contributed by atoms with E-state index in [1.54, 1.807) is 12.1 Å². The van der Waals surface area contributed by atoms with Crippen LogP contribution in [0.3, 0.4) is 0 Å². The van der Waals surface area contributed by atoms with Crippen molar-refractivity contribution in [3.63, 3.8) is 0 Å². The first-order valence-electron chi connectivity index (χ1n) is 8.10. The number of benzene rings is 1. The van der Waals surface area contributed by atoms with E-state index < -0.39 is 0 Å². The summed E-state index contributed by atoms with van der Waals surface area (Å²) >= 11 is 0. The zero-order chi connectivity index (χ0) is 17.4. The molecule has 0 spiro atoms. The lowest BCUT2D eigenvalue weighted by atomic mass is 10.1. The summed E-state index contributed by atoms with van der Waals surface area (Å²) in [6, 6.07) is 11.8. The number of hydrogen-bond donors (Lipinski definition) is 2. The summed E-state index contributed by atoms with van der Waals surface area (Å²) < 4.78 is 0. The smallest absolute Gasteiger partial charge is 0.271 e. The topological polar surface area (TPSA) is 70.2 Å². The molecule has 128 valence electrons. The van der Waals surface area contributed by atoms with E-state index in [-0.39, 0.29) is 5.91 Å². The van der Waals surface area contributed by atoms with Gasteiger partial charge in [0.15, 0.2) is 5.69 Å². The third-order valence-corrected chi connectivity index (χ3v) is 3.56. The van der Waals surface area contributed by atoms with Crippen LogP contribution in [0, 0.1) is 6.92 Å². The average molecular weight is 327 g/mol. The Morgan fingerprint density at radius 3 is 2.46 bits per heavy atom. The lowest BCUT2D eigenvalue weighted by Crippen LogP contribution is -2.28. The highest BCUT2D eigenvalue weighted by Gasteiger charge is 2.07. The second-order valence-corrected chi connectivity index (χ2v) is 6.06. The molecule has 1 amide bonds. The fraction of sp³-hybridized carbons (Fsp3) is 0.389. The van der Waals surface area contributed by atoms with Gasteiger partial charge < -0.3 is 15.5 Å². The summed E-state index contributed by atoms with van der Waals surface area (Å²) in [5.74, 6) is 0.464. The molecule has 2 aromatic rings. The molecule has 1 heterocycles. The number of hydrogen-bond acceptors (Lipinski definition) is 5. The number of rotatable bonds is 8. The van der Waals surface area contributed by atoms with Gasteiger partial charge in [-0.3, -0.25) is 4.79 Å². The Hall–Kier alpha value is -2.47. The fourth-order valence-electron chi connectivity index (χ4n) is 2.13. The lowest BCUT2D eigenvalue weighted by Gasteiger charge is -2.09. The molecule has 1 aromatic heterocycles. The molecule has 2 rings (SSSR count). The number of amides is 1. The molecule has 0 radical (unpaired) electrons. The maximum absolute atomic E-state index is 12.0. The van der Waals surface area contributed by atoms with Gasteiger partial charge in [0.2, 0.25) is 0 Å². The largest absolute Gasteiger partial charge is 0.365 e. The Morgan fingerprint density at radius 1 is 1.08 bits per heavy atom. The molecular formula is C18H25N5O. The molecule has 0 saturated heterocycles. The van der Waals surface area contributed by atoms with Gasteiger partial charge in [-0.2, -0.15) is 0 Å². The second kappa shape index (κ2) is 8.98. The minimum absolute atomic E-state index is 0.189. The van der Waals surface area contributed by atoms with Crippen LogP contribution in [0.4, 0.5) is 5.82 Å². The van der Waals surface area contributed by atoms with Gasteiger partial charge in [-0.1, -0.05) is 29.8 Å². The maximum atomic E-state index is 12.0. The van der Waals surface area contributed by atoms with E-state index >= 15 is 0 Å². The van der Waals surface area contributed by atoms with E-state index in [4.69, 9.17) is 0 Å². The van der Waals surface area contributed by atoms with E-state index in [1.165, 1.54) is 11.1 Å². The zero-order valence-electron chi connectivity index (χ0n) is 14.5. The van der Waals surface area contributed by atoms with Crippen molar-refractivity contribution in [3.05, 3.63) is 53.2 Å². The molecule has 0 unspecified atom stereocenters. The molecule has 6 nitrogen and oxygen atoms in total. The van der Waals surface area contributed by atoms with Crippen LogP contribution in [0.5, 0.6) is 0 Å². The van der Waals surface area contributed by atoms with E-state index in [2.05, 4.69) is 56.9 Å². The number of carbonyl (C=O) groups is 1. The molecule has 0 aliphatic rings. The second-order valence-electron chi connectivity index (χ2n) is 6.06. The van der Waals surface area contributed by atoms with Crippen LogP contribution >= 0.6 is 0 Å². The Morgan fingerprint density at radius 2 is 1.83 bits per heavy atom. The van der Waals surface area contributed by atoms with Crippen LogP contribution in [-0.4, -0.2) is 48.2 Å². The minimum atomic E-state index is -0.189. The number of carbonyl (C=O) groups excluding carboxylic acids is 1. The first kappa shape index (κ1) is 17.9. The number of anilines is 1. The van der Waals surface area contributed by atoms with Gasteiger partial charge in [0.1, 0.15) is 5.82 Å². The predicted octanol–water partition coefficient (Wildman–Crippen LogP) is 2.08. The van der Waals surface area contributed by atoms with Crippen molar-refractivity contribution < 1.29 is 4.79 Å². The Kier molecular flexibility index (Phi) is 6.69. The van der Waals surface area contributed by atoms with Crippen molar-refractivity contribution in [3.8, 4) is 0 Å². The van der Waals surface area contributed by atoms with Gasteiger partial charge in [0.05, 0.1) is 0 Å². The van der Waals surface area contributed by atoms with Crippen LogP contribution in [0.15, 0.2) is 36.4 Å². The van der Waals surface area contributed by atoms with Gasteiger partial charge in [-0.25, -0.2) is 0 Å². The van der Waals surface area contributed by atoms with Gasteiger partial charge in [-0.15, -0.1) is 10.2 Å².